The lowest BCUT2D eigenvalue weighted by molar-refractivity contribution is 0.101. The summed E-state index contributed by atoms with van der Waals surface area (Å²) in [4.78, 5) is 27.3. The third kappa shape index (κ3) is 3.82. The number of nitrogens with zero attached hydrogens (tertiary/aromatic N) is 2. The van der Waals surface area contributed by atoms with E-state index in [9.17, 15) is 18.0 Å². The van der Waals surface area contributed by atoms with Gasteiger partial charge in [-0.25, -0.2) is 12.8 Å². The van der Waals surface area contributed by atoms with Crippen LogP contribution in [0.4, 0.5) is 10.1 Å². The number of fused-ring (bicyclic) bond motifs is 2. The van der Waals surface area contributed by atoms with Crippen LogP contribution in [0.1, 0.15) is 29.2 Å². The molecule has 3 heterocycles. The summed E-state index contributed by atoms with van der Waals surface area (Å²) >= 11 is 6.68. The second kappa shape index (κ2) is 7.90. The summed E-state index contributed by atoms with van der Waals surface area (Å²) in [6.07, 6.45) is 7.69. The maximum atomic E-state index is 15.2. The first-order valence-electron chi connectivity index (χ1n) is 9.82. The number of nitrogens with one attached hydrogen (secondary N) is 1. The molecular weight excluding hydrogens is 480 g/mol. The number of anilines is 1. The molecule has 1 aliphatic carbocycles. The number of ketones is 1. The molecule has 2 aliphatic heterocycles. The van der Waals surface area contributed by atoms with Crippen LogP contribution in [0.25, 0.3) is 10.9 Å². The minimum absolute atomic E-state index is 0. The van der Waals surface area contributed by atoms with Gasteiger partial charge in [-0.1, -0.05) is 11.6 Å². The van der Waals surface area contributed by atoms with E-state index in [1.807, 2.05) is 12.4 Å². The number of rotatable bonds is 5. The molecule has 32 heavy (non-hydrogen) atoms. The average molecular weight is 500 g/mol. The Hall–Kier alpha value is -2.36. The summed E-state index contributed by atoms with van der Waals surface area (Å²) in [7, 11) is -3.62. The van der Waals surface area contributed by atoms with Crippen LogP contribution in [-0.4, -0.2) is 43.9 Å². The van der Waals surface area contributed by atoms with Crippen molar-refractivity contribution in [2.75, 3.05) is 30.0 Å². The van der Waals surface area contributed by atoms with Crippen molar-refractivity contribution < 1.29 is 17.6 Å². The van der Waals surface area contributed by atoms with Crippen LogP contribution in [0, 0.1) is 5.82 Å². The molecule has 0 amide bonds. The van der Waals surface area contributed by atoms with Gasteiger partial charge >= 0.3 is 0 Å². The van der Waals surface area contributed by atoms with Crippen molar-refractivity contribution in [2.45, 2.75) is 18.9 Å². The zero-order chi connectivity index (χ0) is 22.1. The first-order valence-corrected chi connectivity index (χ1v) is 12.3. The Balaban J connectivity index is 0.00000245. The first kappa shape index (κ1) is 22.8. The van der Waals surface area contributed by atoms with Crippen molar-refractivity contribution in [3.63, 3.8) is 0 Å². The number of aromatic nitrogens is 1. The molecule has 1 aromatic carbocycles. The summed E-state index contributed by atoms with van der Waals surface area (Å²) < 4.78 is 40.1. The molecule has 11 heteroatoms. The Labute approximate surface area is 194 Å². The first-order chi connectivity index (χ1) is 14.6. The topological polar surface area (TPSA) is 88.5 Å². The molecule has 0 saturated heterocycles. The molecule has 1 fully saturated rings. The van der Waals surface area contributed by atoms with Crippen molar-refractivity contribution >= 4 is 56.2 Å². The van der Waals surface area contributed by atoms with Crippen molar-refractivity contribution in [1.82, 2.24) is 9.88 Å². The fourth-order valence-electron chi connectivity index (χ4n) is 4.18. The largest absolute Gasteiger partial charge is 0.386 e. The predicted molar refractivity (Wildman–Crippen MR) is 124 cm³/mol. The lowest BCUT2D eigenvalue weighted by atomic mass is 10.1. The van der Waals surface area contributed by atoms with Crippen LogP contribution in [-0.2, 0) is 9.84 Å². The number of benzene rings is 1. The highest BCUT2D eigenvalue weighted by molar-refractivity contribution is 7.91. The van der Waals surface area contributed by atoms with Gasteiger partial charge in [0.05, 0.1) is 27.2 Å². The number of carbonyl (C=O) groups excluding carboxylic acids is 1. The van der Waals surface area contributed by atoms with Crippen LogP contribution in [0.2, 0.25) is 5.02 Å². The normalized spacial score (nSPS) is 17.5. The van der Waals surface area contributed by atoms with Crippen LogP contribution in [0.5, 0.6) is 0 Å². The maximum Gasteiger partial charge on any atom is 0.200 e. The summed E-state index contributed by atoms with van der Waals surface area (Å²) in [5.41, 5.74) is 1.68. The lowest BCUT2D eigenvalue weighted by Crippen LogP contribution is -2.25. The maximum absolute atomic E-state index is 15.2. The lowest BCUT2D eigenvalue weighted by Gasteiger charge is -2.22. The third-order valence-corrected chi connectivity index (χ3v) is 6.88. The molecule has 5 rings (SSSR count). The van der Waals surface area contributed by atoms with E-state index in [-0.39, 0.29) is 40.1 Å². The molecule has 0 unspecified atom stereocenters. The van der Waals surface area contributed by atoms with E-state index in [4.69, 9.17) is 11.6 Å². The Morgan fingerprint density at radius 3 is 2.66 bits per heavy atom. The highest BCUT2D eigenvalue weighted by atomic mass is 35.5. The summed E-state index contributed by atoms with van der Waals surface area (Å²) in [6.45, 7) is 1.13. The van der Waals surface area contributed by atoms with Gasteiger partial charge in [0.25, 0.3) is 0 Å². The van der Waals surface area contributed by atoms with Crippen molar-refractivity contribution in [3.05, 3.63) is 62.4 Å². The van der Waals surface area contributed by atoms with Crippen molar-refractivity contribution in [2.24, 2.45) is 0 Å². The van der Waals surface area contributed by atoms with E-state index in [2.05, 4.69) is 5.32 Å². The SMILES string of the molecule is CS(=O)(=O)CC(=O)c1cn(C2CC2)c2c(Cl)c(N3C=C4CNC=C4C3)c(F)cc2c1=O.Cl. The standard InChI is InChI=1S/C21H19ClFN3O4S.ClH/c1-31(29,30)10-17(27)15-9-26(13-2-3-13)19-14(21(15)28)4-16(23)20(18(19)22)25-7-11-5-24-6-12(11)8-25;/h4-5,8-9,13,24H,2-3,6-7,10H2,1H3;1H. The molecule has 1 aromatic heterocycles. The highest BCUT2D eigenvalue weighted by Crippen LogP contribution is 2.43. The van der Waals surface area contributed by atoms with Gasteiger partial charge in [0.2, 0.25) is 0 Å². The predicted octanol–water partition coefficient (Wildman–Crippen LogP) is 2.97. The van der Waals surface area contributed by atoms with Gasteiger partial charge in [-0.05, 0) is 30.1 Å². The van der Waals surface area contributed by atoms with Gasteiger partial charge in [0.15, 0.2) is 21.0 Å². The molecule has 1 saturated carbocycles. The van der Waals surface area contributed by atoms with Gasteiger partial charge in [0, 0.05) is 44.0 Å². The second-order valence-corrected chi connectivity index (χ2v) is 10.8. The number of sulfone groups is 1. The minimum atomic E-state index is -3.62. The van der Waals surface area contributed by atoms with E-state index >= 15 is 4.39 Å². The Morgan fingerprint density at radius 1 is 1.31 bits per heavy atom. The fraction of sp³-hybridized carbons (Fsp3) is 0.333. The zero-order valence-electron chi connectivity index (χ0n) is 17.0. The quantitative estimate of drug-likeness (QED) is 0.636. The second-order valence-electron chi connectivity index (χ2n) is 8.25. The Bertz CT molecular complexity index is 1390. The van der Waals surface area contributed by atoms with Gasteiger partial charge < -0.3 is 14.8 Å². The number of carbonyl (C=O) groups is 1. The molecule has 0 radical (unpaired) electrons. The monoisotopic (exact) mass is 499 g/mol. The minimum Gasteiger partial charge on any atom is -0.386 e. The van der Waals surface area contributed by atoms with E-state index in [1.165, 1.54) is 6.20 Å². The van der Waals surface area contributed by atoms with Crippen LogP contribution < -0.4 is 15.6 Å². The molecule has 2 aromatic rings. The molecular formula is C21H20Cl2FN3O4S. The smallest absolute Gasteiger partial charge is 0.200 e. The van der Waals surface area contributed by atoms with Gasteiger partial charge in [-0.2, -0.15) is 0 Å². The van der Waals surface area contributed by atoms with Gasteiger partial charge in [-0.3, -0.25) is 9.59 Å². The van der Waals surface area contributed by atoms with Crippen LogP contribution >= 0.6 is 24.0 Å². The fourth-order valence-corrected chi connectivity index (χ4v) is 5.21. The molecule has 0 spiro atoms. The molecule has 7 nitrogen and oxygen atoms in total. The number of hydrogen-bond donors (Lipinski definition) is 1. The Kier molecular flexibility index (Phi) is 5.63. The highest BCUT2D eigenvalue weighted by Gasteiger charge is 2.32. The van der Waals surface area contributed by atoms with Gasteiger partial charge in [0.1, 0.15) is 11.6 Å². The third-order valence-electron chi connectivity index (χ3n) is 5.74. The summed E-state index contributed by atoms with van der Waals surface area (Å²) in [5, 5.41) is 3.20. The molecule has 0 bridgehead atoms. The van der Waals surface area contributed by atoms with Crippen molar-refractivity contribution in [3.8, 4) is 0 Å². The average Bonchev–Trinajstić information content (AvgIpc) is 3.29. The van der Waals surface area contributed by atoms with E-state index in [0.29, 0.717) is 18.6 Å². The van der Waals surface area contributed by atoms with E-state index < -0.39 is 32.6 Å². The van der Waals surface area contributed by atoms with Gasteiger partial charge in [-0.15, -0.1) is 12.4 Å². The molecule has 1 N–H and O–H groups in total. The van der Waals surface area contributed by atoms with Crippen LogP contribution in [0.3, 0.4) is 0 Å². The van der Waals surface area contributed by atoms with Crippen LogP contribution in [0.15, 0.2) is 40.6 Å². The summed E-state index contributed by atoms with van der Waals surface area (Å²) in [6, 6.07) is 1.13. The molecule has 3 aliphatic rings. The van der Waals surface area contributed by atoms with Crippen molar-refractivity contribution in [1.29, 1.82) is 0 Å². The number of halogens is 3. The summed E-state index contributed by atoms with van der Waals surface area (Å²) in [5.74, 6) is -2.26. The zero-order valence-corrected chi connectivity index (χ0v) is 19.4. The molecule has 170 valence electrons. The number of Topliss-reactive ketones (excluding diaryl/α,β-unsaturated/α-hetero) is 1. The Morgan fingerprint density at radius 2 is 2.03 bits per heavy atom. The number of hydrogen-bond acceptors (Lipinski definition) is 6. The number of pyridine rings is 1. The molecule has 0 atom stereocenters. The van der Waals surface area contributed by atoms with E-state index in [0.717, 1.165) is 36.3 Å². The van der Waals surface area contributed by atoms with E-state index in [1.54, 1.807) is 9.47 Å².